The van der Waals surface area contributed by atoms with Crippen molar-refractivity contribution in [3.8, 4) is 0 Å². The predicted octanol–water partition coefficient (Wildman–Crippen LogP) is 1.94. The first-order chi connectivity index (χ1) is 5.70. The maximum Gasteiger partial charge on any atom is 0.328 e. The van der Waals surface area contributed by atoms with Gasteiger partial charge in [0.05, 0.1) is 5.69 Å². The molecule has 0 bridgehead atoms. The van der Waals surface area contributed by atoms with Crippen molar-refractivity contribution in [2.45, 2.75) is 0 Å². The average Bonchev–Trinajstić information content (AvgIpc) is 2.03. The molecule has 1 rings (SSSR count). The van der Waals surface area contributed by atoms with Crippen LogP contribution in [-0.2, 0) is 4.79 Å². The molecule has 1 N–H and O–H groups in total. The van der Waals surface area contributed by atoms with Gasteiger partial charge in [-0.05, 0) is 34.1 Å². The zero-order chi connectivity index (χ0) is 8.97. The minimum atomic E-state index is -0.979. The number of carboxylic acid groups (broad SMARTS) is 1. The van der Waals surface area contributed by atoms with Gasteiger partial charge in [-0.1, -0.05) is 0 Å². The molecule has 0 unspecified atom stereocenters. The molecule has 62 valence electrons. The molecule has 3 nitrogen and oxygen atoms in total. The van der Waals surface area contributed by atoms with Crippen LogP contribution in [0.5, 0.6) is 0 Å². The topological polar surface area (TPSA) is 50.2 Å². The highest BCUT2D eigenvalue weighted by molar-refractivity contribution is 9.10. The van der Waals surface area contributed by atoms with Crippen LogP contribution in [0.4, 0.5) is 0 Å². The van der Waals surface area contributed by atoms with Crippen molar-refractivity contribution in [3.63, 3.8) is 0 Å². The summed E-state index contributed by atoms with van der Waals surface area (Å²) in [7, 11) is 0. The summed E-state index contributed by atoms with van der Waals surface area (Å²) < 4.78 is 0.780. The average molecular weight is 228 g/mol. The largest absolute Gasteiger partial charge is 0.478 e. The quantitative estimate of drug-likeness (QED) is 0.787. The molecule has 0 aromatic carbocycles. The van der Waals surface area contributed by atoms with E-state index in [4.69, 9.17) is 5.11 Å². The van der Waals surface area contributed by atoms with Gasteiger partial charge in [-0.15, -0.1) is 0 Å². The number of nitrogens with zero attached hydrogens (tertiary/aromatic N) is 1. The number of rotatable bonds is 2. The van der Waals surface area contributed by atoms with Gasteiger partial charge in [0.15, 0.2) is 0 Å². The number of pyridine rings is 1. The van der Waals surface area contributed by atoms with E-state index in [2.05, 4.69) is 20.9 Å². The molecule has 0 saturated heterocycles. The standard InChI is InChI=1S/C8H6BrNO2/c9-6-2-1-5-10-7(6)3-4-8(11)12/h1-5H,(H,11,12)/b4-3+. The minimum Gasteiger partial charge on any atom is -0.478 e. The van der Waals surface area contributed by atoms with Crippen LogP contribution in [0.1, 0.15) is 5.69 Å². The number of aromatic nitrogens is 1. The smallest absolute Gasteiger partial charge is 0.328 e. The second-order valence-electron chi connectivity index (χ2n) is 2.04. The Morgan fingerprint density at radius 2 is 2.42 bits per heavy atom. The van der Waals surface area contributed by atoms with E-state index in [1.807, 2.05) is 0 Å². The molecule has 0 aliphatic carbocycles. The second kappa shape index (κ2) is 4.01. The molecule has 1 aromatic rings. The highest BCUT2D eigenvalue weighted by atomic mass is 79.9. The fourth-order valence-corrected chi connectivity index (χ4v) is 1.06. The summed E-state index contributed by atoms with van der Waals surface area (Å²) in [6, 6.07) is 3.57. The summed E-state index contributed by atoms with van der Waals surface area (Å²) in [4.78, 5) is 14.1. The lowest BCUT2D eigenvalue weighted by Crippen LogP contribution is -1.87. The SMILES string of the molecule is O=C(O)/C=C/c1ncccc1Br. The first-order valence-corrected chi connectivity index (χ1v) is 4.01. The number of hydrogen-bond donors (Lipinski definition) is 1. The molecule has 0 atom stereocenters. The summed E-state index contributed by atoms with van der Waals surface area (Å²) in [5.74, 6) is -0.979. The molecule has 0 saturated carbocycles. The lowest BCUT2D eigenvalue weighted by Gasteiger charge is -1.93. The van der Waals surface area contributed by atoms with Gasteiger partial charge in [0.25, 0.3) is 0 Å². The molecular weight excluding hydrogens is 222 g/mol. The van der Waals surface area contributed by atoms with Gasteiger partial charge in [0.1, 0.15) is 0 Å². The van der Waals surface area contributed by atoms with Crippen LogP contribution in [0.2, 0.25) is 0 Å². The van der Waals surface area contributed by atoms with Crippen LogP contribution in [-0.4, -0.2) is 16.1 Å². The first kappa shape index (κ1) is 8.93. The molecule has 1 heterocycles. The fourth-order valence-electron chi connectivity index (χ4n) is 0.671. The van der Waals surface area contributed by atoms with Crippen LogP contribution < -0.4 is 0 Å². The van der Waals surface area contributed by atoms with Gasteiger partial charge in [0, 0.05) is 16.7 Å². The molecular formula is C8H6BrNO2. The van der Waals surface area contributed by atoms with Gasteiger partial charge in [0.2, 0.25) is 0 Å². The molecule has 0 amide bonds. The zero-order valence-corrected chi connectivity index (χ0v) is 7.65. The van der Waals surface area contributed by atoms with E-state index < -0.39 is 5.97 Å². The summed E-state index contributed by atoms with van der Waals surface area (Å²) in [6.45, 7) is 0. The Kier molecular flexibility index (Phi) is 2.99. The maximum atomic E-state index is 10.2. The number of carbonyl (C=O) groups is 1. The molecule has 0 aliphatic heterocycles. The van der Waals surface area contributed by atoms with Crippen molar-refractivity contribution < 1.29 is 9.90 Å². The maximum absolute atomic E-state index is 10.2. The molecule has 0 radical (unpaired) electrons. The Bertz CT molecular complexity index is 323. The van der Waals surface area contributed by atoms with E-state index in [0.717, 1.165) is 10.5 Å². The van der Waals surface area contributed by atoms with Gasteiger partial charge >= 0.3 is 5.97 Å². The molecule has 0 aliphatic rings. The highest BCUT2D eigenvalue weighted by Crippen LogP contribution is 2.14. The van der Waals surface area contributed by atoms with Crippen molar-refractivity contribution in [1.29, 1.82) is 0 Å². The van der Waals surface area contributed by atoms with Crippen LogP contribution >= 0.6 is 15.9 Å². The highest BCUT2D eigenvalue weighted by Gasteiger charge is 1.95. The van der Waals surface area contributed by atoms with E-state index in [-0.39, 0.29) is 0 Å². The third-order valence-electron chi connectivity index (χ3n) is 1.17. The normalized spacial score (nSPS) is 10.4. The van der Waals surface area contributed by atoms with Gasteiger partial charge < -0.3 is 5.11 Å². The summed E-state index contributed by atoms with van der Waals surface area (Å²) in [5, 5.41) is 8.34. The van der Waals surface area contributed by atoms with E-state index in [9.17, 15) is 4.79 Å². The number of halogens is 1. The van der Waals surface area contributed by atoms with Crippen molar-refractivity contribution in [1.82, 2.24) is 4.98 Å². The lowest BCUT2D eigenvalue weighted by atomic mass is 10.3. The minimum absolute atomic E-state index is 0.611. The van der Waals surface area contributed by atoms with E-state index in [0.29, 0.717) is 5.69 Å². The third-order valence-corrected chi connectivity index (χ3v) is 1.84. The fraction of sp³-hybridized carbons (Fsp3) is 0. The van der Waals surface area contributed by atoms with Gasteiger partial charge in [-0.25, -0.2) is 4.79 Å². The molecule has 4 heteroatoms. The Hall–Kier alpha value is -1.16. The van der Waals surface area contributed by atoms with Crippen molar-refractivity contribution in [2.75, 3.05) is 0 Å². The van der Waals surface area contributed by atoms with E-state index in [1.54, 1.807) is 18.3 Å². The molecule has 0 spiro atoms. The number of carboxylic acids is 1. The lowest BCUT2D eigenvalue weighted by molar-refractivity contribution is -0.131. The van der Waals surface area contributed by atoms with Crippen LogP contribution in [0.3, 0.4) is 0 Å². The number of aliphatic carboxylic acids is 1. The zero-order valence-electron chi connectivity index (χ0n) is 6.07. The monoisotopic (exact) mass is 227 g/mol. The number of hydrogen-bond acceptors (Lipinski definition) is 2. The predicted molar refractivity (Wildman–Crippen MR) is 48.6 cm³/mol. The molecule has 1 aromatic heterocycles. The van der Waals surface area contributed by atoms with Gasteiger partial charge in [-0.3, -0.25) is 4.98 Å². The Labute approximate surface area is 77.9 Å². The summed E-state index contributed by atoms with van der Waals surface area (Å²) in [6.07, 6.45) is 4.09. The van der Waals surface area contributed by atoms with Crippen molar-refractivity contribution in [3.05, 3.63) is 34.6 Å². The molecule has 12 heavy (non-hydrogen) atoms. The second-order valence-corrected chi connectivity index (χ2v) is 2.90. The third kappa shape index (κ3) is 2.47. The van der Waals surface area contributed by atoms with Gasteiger partial charge in [-0.2, -0.15) is 0 Å². The Morgan fingerprint density at radius 3 is 3.00 bits per heavy atom. The van der Waals surface area contributed by atoms with E-state index >= 15 is 0 Å². The first-order valence-electron chi connectivity index (χ1n) is 3.21. The van der Waals surface area contributed by atoms with Crippen molar-refractivity contribution in [2.24, 2.45) is 0 Å². The van der Waals surface area contributed by atoms with E-state index in [1.165, 1.54) is 6.08 Å². The summed E-state index contributed by atoms with van der Waals surface area (Å²) >= 11 is 3.24. The Morgan fingerprint density at radius 1 is 1.67 bits per heavy atom. The van der Waals surface area contributed by atoms with Crippen LogP contribution in [0, 0.1) is 0 Å². The molecule has 0 fully saturated rings. The van der Waals surface area contributed by atoms with Crippen LogP contribution in [0.15, 0.2) is 28.9 Å². The van der Waals surface area contributed by atoms with Crippen molar-refractivity contribution >= 4 is 28.0 Å². The Balaban J connectivity index is 2.89. The van der Waals surface area contributed by atoms with Crippen LogP contribution in [0.25, 0.3) is 6.08 Å². The summed E-state index contributed by atoms with van der Waals surface area (Å²) in [5.41, 5.74) is 0.611.